The fraction of sp³-hybridized carbons (Fsp3) is 0.588. The van der Waals surface area contributed by atoms with E-state index in [1.165, 1.54) is 31.2 Å². The molecule has 0 aromatic heterocycles. The standard InChI is InChI=1S/C17H26N2O2/c1-13(12-21-2)18-17(20)19-16(15-10-6-7-11-15)14-8-4-3-5-9-14/h3-5,8-9,13,15-16H,6-7,10-12H2,1-2H3,(H2,18,19,20). The van der Waals surface area contributed by atoms with Crippen LogP contribution < -0.4 is 10.6 Å². The lowest BCUT2D eigenvalue weighted by molar-refractivity contribution is 0.169. The number of rotatable bonds is 6. The molecule has 2 amide bonds. The van der Waals surface area contributed by atoms with E-state index in [2.05, 4.69) is 22.8 Å². The Labute approximate surface area is 127 Å². The first-order chi connectivity index (χ1) is 10.2. The number of ether oxygens (including phenoxy) is 1. The highest BCUT2D eigenvalue weighted by atomic mass is 16.5. The predicted octanol–water partition coefficient (Wildman–Crippen LogP) is 3.25. The Balaban J connectivity index is 2.01. The van der Waals surface area contributed by atoms with Crippen LogP contribution in [0.4, 0.5) is 4.79 Å². The van der Waals surface area contributed by atoms with Gasteiger partial charge in [0.15, 0.2) is 0 Å². The number of carbonyl (C=O) groups is 1. The number of benzene rings is 1. The van der Waals surface area contributed by atoms with Crippen molar-refractivity contribution < 1.29 is 9.53 Å². The maximum absolute atomic E-state index is 12.2. The third-order valence-corrected chi connectivity index (χ3v) is 4.11. The number of carbonyl (C=O) groups excluding carboxylic acids is 1. The second kappa shape index (κ2) is 8.03. The Morgan fingerprint density at radius 3 is 2.52 bits per heavy atom. The third kappa shape index (κ3) is 4.74. The summed E-state index contributed by atoms with van der Waals surface area (Å²) in [7, 11) is 1.64. The zero-order chi connectivity index (χ0) is 15.1. The molecule has 0 saturated heterocycles. The van der Waals surface area contributed by atoms with Crippen LogP contribution in [0.2, 0.25) is 0 Å². The first-order valence-electron chi connectivity index (χ1n) is 7.81. The van der Waals surface area contributed by atoms with Crippen LogP contribution in [0.5, 0.6) is 0 Å². The second-order valence-corrected chi connectivity index (χ2v) is 5.91. The molecule has 1 aromatic rings. The van der Waals surface area contributed by atoms with Crippen LogP contribution in [-0.4, -0.2) is 25.8 Å². The molecule has 4 heteroatoms. The maximum Gasteiger partial charge on any atom is 0.315 e. The summed E-state index contributed by atoms with van der Waals surface area (Å²) in [6.45, 7) is 2.46. The third-order valence-electron chi connectivity index (χ3n) is 4.11. The summed E-state index contributed by atoms with van der Waals surface area (Å²) in [6.07, 6.45) is 4.90. The zero-order valence-electron chi connectivity index (χ0n) is 13.0. The Kier molecular flexibility index (Phi) is 6.05. The summed E-state index contributed by atoms with van der Waals surface area (Å²) >= 11 is 0. The monoisotopic (exact) mass is 290 g/mol. The minimum atomic E-state index is -0.111. The van der Waals surface area contributed by atoms with E-state index < -0.39 is 0 Å². The molecule has 21 heavy (non-hydrogen) atoms. The van der Waals surface area contributed by atoms with Crippen LogP contribution in [0.25, 0.3) is 0 Å². The van der Waals surface area contributed by atoms with Gasteiger partial charge in [-0.1, -0.05) is 43.2 Å². The van der Waals surface area contributed by atoms with Gasteiger partial charge in [0.05, 0.1) is 18.7 Å². The van der Waals surface area contributed by atoms with Crippen LogP contribution in [0.1, 0.15) is 44.2 Å². The predicted molar refractivity (Wildman–Crippen MR) is 84.1 cm³/mol. The molecule has 2 unspecified atom stereocenters. The van der Waals surface area contributed by atoms with E-state index in [1.54, 1.807) is 7.11 Å². The van der Waals surface area contributed by atoms with E-state index in [4.69, 9.17) is 4.74 Å². The summed E-state index contributed by atoms with van der Waals surface area (Å²) in [5.41, 5.74) is 1.19. The summed E-state index contributed by atoms with van der Waals surface area (Å²) in [5.74, 6) is 0.538. The number of urea groups is 1. The van der Waals surface area contributed by atoms with Crippen molar-refractivity contribution in [3.05, 3.63) is 35.9 Å². The molecule has 0 radical (unpaired) electrons. The van der Waals surface area contributed by atoms with Gasteiger partial charge >= 0.3 is 6.03 Å². The molecule has 1 aromatic carbocycles. The fourth-order valence-electron chi connectivity index (χ4n) is 3.12. The summed E-state index contributed by atoms with van der Waals surface area (Å²) in [5, 5.41) is 6.09. The molecule has 1 aliphatic rings. The maximum atomic E-state index is 12.2. The number of amides is 2. The van der Waals surface area contributed by atoms with E-state index in [0.29, 0.717) is 12.5 Å². The van der Waals surface area contributed by atoms with Crippen LogP contribution in [0, 0.1) is 5.92 Å². The highest BCUT2D eigenvalue weighted by Gasteiger charge is 2.27. The molecule has 116 valence electrons. The SMILES string of the molecule is COCC(C)NC(=O)NC(c1ccccc1)C1CCCC1. The van der Waals surface area contributed by atoms with E-state index in [0.717, 1.165) is 0 Å². The lowest BCUT2D eigenvalue weighted by Gasteiger charge is -2.26. The van der Waals surface area contributed by atoms with Gasteiger partial charge in [-0.15, -0.1) is 0 Å². The van der Waals surface area contributed by atoms with E-state index in [1.807, 2.05) is 25.1 Å². The molecular formula is C17H26N2O2. The topological polar surface area (TPSA) is 50.4 Å². The number of hydrogen-bond acceptors (Lipinski definition) is 2. The normalized spacial score (nSPS) is 18.2. The van der Waals surface area contributed by atoms with Crippen LogP contribution >= 0.6 is 0 Å². The lowest BCUT2D eigenvalue weighted by atomic mass is 9.92. The van der Waals surface area contributed by atoms with Gasteiger partial charge in [-0.2, -0.15) is 0 Å². The first-order valence-corrected chi connectivity index (χ1v) is 7.81. The summed E-state index contributed by atoms with van der Waals surface area (Å²) < 4.78 is 5.05. The Morgan fingerprint density at radius 1 is 1.24 bits per heavy atom. The molecule has 1 aliphatic carbocycles. The van der Waals surface area contributed by atoms with Gasteiger partial charge in [-0.25, -0.2) is 4.79 Å². The number of methoxy groups -OCH3 is 1. The summed E-state index contributed by atoms with van der Waals surface area (Å²) in [6, 6.07) is 10.3. The highest BCUT2D eigenvalue weighted by molar-refractivity contribution is 5.74. The zero-order valence-corrected chi connectivity index (χ0v) is 13.0. The van der Waals surface area contributed by atoms with E-state index in [9.17, 15) is 4.79 Å². The Morgan fingerprint density at radius 2 is 1.90 bits per heavy atom. The van der Waals surface area contributed by atoms with Crippen LogP contribution in [0.3, 0.4) is 0 Å². The quantitative estimate of drug-likeness (QED) is 0.845. The molecule has 2 N–H and O–H groups in total. The largest absolute Gasteiger partial charge is 0.383 e. The molecule has 1 saturated carbocycles. The van der Waals surface area contributed by atoms with Gasteiger partial charge in [0.2, 0.25) is 0 Å². The van der Waals surface area contributed by atoms with E-state index >= 15 is 0 Å². The van der Waals surface area contributed by atoms with Gasteiger partial charge in [-0.05, 0) is 31.2 Å². The minimum Gasteiger partial charge on any atom is -0.383 e. The lowest BCUT2D eigenvalue weighted by Crippen LogP contribution is -2.45. The van der Waals surface area contributed by atoms with Gasteiger partial charge in [0.1, 0.15) is 0 Å². The van der Waals surface area contributed by atoms with Crippen molar-refractivity contribution in [1.29, 1.82) is 0 Å². The smallest absolute Gasteiger partial charge is 0.315 e. The summed E-state index contributed by atoms with van der Waals surface area (Å²) in [4.78, 5) is 12.2. The van der Waals surface area contributed by atoms with Gasteiger partial charge < -0.3 is 15.4 Å². The minimum absolute atomic E-state index is 0.00926. The average molecular weight is 290 g/mol. The number of hydrogen-bond donors (Lipinski definition) is 2. The average Bonchev–Trinajstić information content (AvgIpc) is 3.00. The van der Waals surface area contributed by atoms with Crippen molar-refractivity contribution in [2.45, 2.75) is 44.7 Å². The molecule has 2 atom stereocenters. The molecule has 0 heterocycles. The van der Waals surface area contributed by atoms with E-state index in [-0.39, 0.29) is 18.1 Å². The van der Waals surface area contributed by atoms with Crippen molar-refractivity contribution in [3.63, 3.8) is 0 Å². The Hall–Kier alpha value is -1.55. The van der Waals surface area contributed by atoms with Crippen molar-refractivity contribution in [3.8, 4) is 0 Å². The molecular weight excluding hydrogens is 264 g/mol. The molecule has 0 aliphatic heterocycles. The Bertz CT molecular complexity index is 430. The van der Waals surface area contributed by atoms with Crippen molar-refractivity contribution in [2.24, 2.45) is 5.92 Å². The molecule has 4 nitrogen and oxygen atoms in total. The molecule has 0 spiro atoms. The first kappa shape index (κ1) is 15.8. The number of nitrogens with one attached hydrogen (secondary N) is 2. The fourth-order valence-corrected chi connectivity index (χ4v) is 3.12. The van der Waals surface area contributed by atoms with Crippen LogP contribution in [0.15, 0.2) is 30.3 Å². The van der Waals surface area contributed by atoms with Crippen molar-refractivity contribution >= 4 is 6.03 Å². The molecule has 0 bridgehead atoms. The second-order valence-electron chi connectivity index (χ2n) is 5.91. The van der Waals surface area contributed by atoms with Crippen LogP contribution in [-0.2, 0) is 4.74 Å². The molecule has 2 rings (SSSR count). The van der Waals surface area contributed by atoms with Gasteiger partial charge in [0, 0.05) is 7.11 Å². The molecule has 1 fully saturated rings. The van der Waals surface area contributed by atoms with Gasteiger partial charge in [-0.3, -0.25) is 0 Å². The highest BCUT2D eigenvalue weighted by Crippen LogP contribution is 2.35. The van der Waals surface area contributed by atoms with Crippen molar-refractivity contribution in [2.75, 3.05) is 13.7 Å². The van der Waals surface area contributed by atoms with Crippen molar-refractivity contribution in [1.82, 2.24) is 10.6 Å². The van der Waals surface area contributed by atoms with Gasteiger partial charge in [0.25, 0.3) is 0 Å².